The first-order chi connectivity index (χ1) is 17.4. The van der Waals surface area contributed by atoms with Crippen LogP contribution in [0.4, 0.5) is 5.69 Å². The summed E-state index contributed by atoms with van der Waals surface area (Å²) in [6, 6.07) is 19.1. The van der Waals surface area contributed by atoms with Crippen LogP contribution in [-0.4, -0.2) is 37.7 Å². The van der Waals surface area contributed by atoms with E-state index in [-0.39, 0.29) is 19.1 Å². The molecule has 0 aliphatic carbocycles. The number of ether oxygens (including phenoxy) is 2. The van der Waals surface area contributed by atoms with Gasteiger partial charge in [-0.25, -0.2) is 5.43 Å². The van der Waals surface area contributed by atoms with Crippen LogP contribution in [0, 0.1) is 6.92 Å². The zero-order valence-electron chi connectivity index (χ0n) is 19.7. The monoisotopic (exact) mass is 508 g/mol. The lowest BCUT2D eigenvalue weighted by atomic mass is 10.2. The maximum atomic E-state index is 12.2. The van der Waals surface area contributed by atoms with E-state index in [0.717, 1.165) is 11.1 Å². The Balaban J connectivity index is 1.45. The summed E-state index contributed by atoms with van der Waals surface area (Å²) in [5, 5.41) is 9.63. The minimum absolute atomic E-state index is 0.184. The van der Waals surface area contributed by atoms with Gasteiger partial charge in [0.15, 0.2) is 6.61 Å². The van der Waals surface area contributed by atoms with E-state index in [1.54, 1.807) is 73.8 Å². The average Bonchev–Trinajstić information content (AvgIpc) is 2.89. The quantitative estimate of drug-likeness (QED) is 0.232. The molecule has 0 atom stereocenters. The maximum Gasteiger partial charge on any atom is 0.329 e. The highest BCUT2D eigenvalue weighted by molar-refractivity contribution is 6.35. The third kappa shape index (κ3) is 7.85. The fourth-order valence-electron chi connectivity index (χ4n) is 2.98. The van der Waals surface area contributed by atoms with Crippen molar-refractivity contribution < 1.29 is 23.9 Å². The molecule has 3 rings (SSSR count). The average molecular weight is 509 g/mol. The highest BCUT2D eigenvalue weighted by atomic mass is 35.5. The Morgan fingerprint density at radius 1 is 0.972 bits per heavy atom. The van der Waals surface area contributed by atoms with E-state index >= 15 is 0 Å². The molecule has 0 fully saturated rings. The molecule has 3 N–H and O–H groups in total. The number of hydrogen-bond acceptors (Lipinski definition) is 6. The Morgan fingerprint density at radius 2 is 1.72 bits per heavy atom. The van der Waals surface area contributed by atoms with Crippen molar-refractivity contribution in [3.63, 3.8) is 0 Å². The number of nitrogens with zero attached hydrogens (tertiary/aromatic N) is 1. The van der Waals surface area contributed by atoms with Crippen molar-refractivity contribution in [3.05, 3.63) is 88.4 Å². The molecule has 0 bridgehead atoms. The molecule has 0 aliphatic heterocycles. The van der Waals surface area contributed by atoms with Crippen molar-refractivity contribution in [3.8, 4) is 11.5 Å². The first kappa shape index (κ1) is 26.2. The van der Waals surface area contributed by atoms with Gasteiger partial charge in [-0.2, -0.15) is 5.10 Å². The lowest BCUT2D eigenvalue weighted by Crippen LogP contribution is -2.37. The fraction of sp³-hybridized carbons (Fsp3) is 0.154. The summed E-state index contributed by atoms with van der Waals surface area (Å²) in [5.41, 5.74) is 4.96. The standard InChI is InChI=1S/C26H25ClN4O5/c1-17-22(27)7-4-8-23(17)30-24(32)16-36-21-6-3-5-19(13-21)15-29-31-26(34)25(33)28-14-18-9-11-20(35-2)12-10-18/h3-13,15H,14,16H2,1-2H3,(H,28,33)(H,30,32)(H,31,34)/b29-15-. The van der Waals surface area contributed by atoms with Gasteiger partial charge >= 0.3 is 11.8 Å². The molecule has 36 heavy (non-hydrogen) atoms. The lowest BCUT2D eigenvalue weighted by Gasteiger charge is -2.10. The first-order valence-corrected chi connectivity index (χ1v) is 11.3. The van der Waals surface area contributed by atoms with Crippen molar-refractivity contribution in [2.45, 2.75) is 13.5 Å². The molecule has 0 unspecified atom stereocenters. The second-order valence-corrected chi connectivity index (χ2v) is 7.96. The van der Waals surface area contributed by atoms with Crippen molar-refractivity contribution in [2.75, 3.05) is 19.0 Å². The molecule has 0 radical (unpaired) electrons. The first-order valence-electron chi connectivity index (χ1n) is 10.9. The number of anilines is 1. The van der Waals surface area contributed by atoms with E-state index in [9.17, 15) is 14.4 Å². The summed E-state index contributed by atoms with van der Waals surface area (Å²) in [4.78, 5) is 36.1. The number of rotatable bonds is 9. The van der Waals surface area contributed by atoms with Crippen LogP contribution >= 0.6 is 11.6 Å². The molecule has 3 aromatic carbocycles. The number of methoxy groups -OCH3 is 1. The Labute approximate surface area is 213 Å². The van der Waals surface area contributed by atoms with Crippen LogP contribution in [0.25, 0.3) is 0 Å². The van der Waals surface area contributed by atoms with Crippen LogP contribution in [0.1, 0.15) is 16.7 Å². The molecular weight excluding hydrogens is 484 g/mol. The summed E-state index contributed by atoms with van der Waals surface area (Å²) >= 11 is 6.07. The molecule has 0 aromatic heterocycles. The van der Waals surface area contributed by atoms with Gasteiger partial charge in [0.05, 0.1) is 13.3 Å². The predicted octanol–water partition coefficient (Wildman–Crippen LogP) is 3.44. The molecule has 0 saturated carbocycles. The van der Waals surface area contributed by atoms with Gasteiger partial charge in [-0.05, 0) is 60.0 Å². The Morgan fingerprint density at radius 3 is 2.47 bits per heavy atom. The molecule has 3 amide bonds. The number of benzene rings is 3. The summed E-state index contributed by atoms with van der Waals surface area (Å²) in [6.07, 6.45) is 1.36. The van der Waals surface area contributed by atoms with Crippen LogP contribution in [0.5, 0.6) is 11.5 Å². The summed E-state index contributed by atoms with van der Waals surface area (Å²) < 4.78 is 10.6. The van der Waals surface area contributed by atoms with Gasteiger partial charge in [0.1, 0.15) is 11.5 Å². The molecule has 0 saturated heterocycles. The van der Waals surface area contributed by atoms with Gasteiger partial charge < -0.3 is 20.1 Å². The van der Waals surface area contributed by atoms with Gasteiger partial charge in [0.2, 0.25) is 0 Å². The lowest BCUT2D eigenvalue weighted by molar-refractivity contribution is -0.139. The van der Waals surface area contributed by atoms with Crippen molar-refractivity contribution in [1.29, 1.82) is 0 Å². The number of nitrogens with one attached hydrogen (secondary N) is 3. The Kier molecular flexibility index (Phi) is 9.41. The highest BCUT2D eigenvalue weighted by Crippen LogP contribution is 2.23. The fourth-order valence-corrected chi connectivity index (χ4v) is 3.16. The summed E-state index contributed by atoms with van der Waals surface area (Å²) in [5.74, 6) is -0.934. The number of hydrazone groups is 1. The van der Waals surface area contributed by atoms with Gasteiger partial charge in [-0.1, -0.05) is 41.9 Å². The minimum Gasteiger partial charge on any atom is -0.497 e. The summed E-state index contributed by atoms with van der Waals surface area (Å²) in [7, 11) is 1.56. The van der Waals surface area contributed by atoms with Crippen molar-refractivity contribution in [2.24, 2.45) is 5.10 Å². The van der Waals surface area contributed by atoms with Gasteiger partial charge in [-0.15, -0.1) is 0 Å². The van der Waals surface area contributed by atoms with Gasteiger partial charge in [-0.3, -0.25) is 14.4 Å². The molecular formula is C26H25ClN4O5. The van der Waals surface area contributed by atoms with Crippen LogP contribution < -0.4 is 25.5 Å². The predicted molar refractivity (Wildman–Crippen MR) is 137 cm³/mol. The molecule has 9 nitrogen and oxygen atoms in total. The van der Waals surface area contributed by atoms with Crippen LogP contribution in [0.2, 0.25) is 5.02 Å². The zero-order chi connectivity index (χ0) is 25.9. The largest absolute Gasteiger partial charge is 0.497 e. The summed E-state index contributed by atoms with van der Waals surface area (Å²) in [6.45, 7) is 1.78. The SMILES string of the molecule is COc1ccc(CNC(=O)C(=O)N/N=C\c2cccc(OCC(=O)Nc3cccc(Cl)c3C)c2)cc1. The zero-order valence-corrected chi connectivity index (χ0v) is 20.5. The topological polar surface area (TPSA) is 118 Å². The molecule has 0 aliphatic rings. The Bertz CT molecular complexity index is 1260. The number of amides is 3. The highest BCUT2D eigenvalue weighted by Gasteiger charge is 2.12. The molecule has 186 valence electrons. The van der Waals surface area contributed by atoms with E-state index in [1.165, 1.54) is 6.21 Å². The van der Waals surface area contributed by atoms with Gasteiger partial charge in [0, 0.05) is 17.3 Å². The van der Waals surface area contributed by atoms with Gasteiger partial charge in [0.25, 0.3) is 5.91 Å². The van der Waals surface area contributed by atoms with Crippen molar-refractivity contribution >= 4 is 41.2 Å². The van der Waals surface area contributed by atoms with Crippen molar-refractivity contribution in [1.82, 2.24) is 10.7 Å². The second kappa shape index (κ2) is 12.9. The van der Waals surface area contributed by atoms with E-state index in [1.807, 2.05) is 6.92 Å². The molecule has 10 heteroatoms. The third-order valence-corrected chi connectivity index (χ3v) is 5.38. The number of carbonyl (C=O) groups excluding carboxylic acids is 3. The Hall–Kier alpha value is -4.37. The van der Waals surface area contributed by atoms with E-state index in [4.69, 9.17) is 21.1 Å². The smallest absolute Gasteiger partial charge is 0.329 e. The van der Waals surface area contributed by atoms with E-state index in [2.05, 4.69) is 21.2 Å². The molecule has 0 heterocycles. The molecule has 0 spiro atoms. The van der Waals surface area contributed by atoms with E-state index in [0.29, 0.717) is 27.8 Å². The maximum absolute atomic E-state index is 12.2. The number of carbonyl (C=O) groups is 3. The van der Waals surface area contributed by atoms with Crippen LogP contribution in [-0.2, 0) is 20.9 Å². The minimum atomic E-state index is -0.903. The van der Waals surface area contributed by atoms with Crippen LogP contribution in [0.15, 0.2) is 71.8 Å². The second-order valence-electron chi connectivity index (χ2n) is 7.55. The number of hydrogen-bond donors (Lipinski definition) is 3. The third-order valence-electron chi connectivity index (χ3n) is 4.97. The number of halogens is 1. The van der Waals surface area contributed by atoms with Crippen LogP contribution in [0.3, 0.4) is 0 Å². The van der Waals surface area contributed by atoms with E-state index < -0.39 is 11.8 Å². The molecule has 3 aromatic rings. The normalized spacial score (nSPS) is 10.5.